The molecule has 5 heteroatoms. The molecule has 0 unspecified atom stereocenters. The molecule has 0 saturated carbocycles. The minimum atomic E-state index is 0.0810. The molecule has 1 heterocycles. The van der Waals surface area contributed by atoms with Crippen molar-refractivity contribution in [2.75, 3.05) is 39.3 Å². The van der Waals surface area contributed by atoms with E-state index in [2.05, 4.69) is 5.32 Å². The topological polar surface area (TPSA) is 50.8 Å². The fraction of sp³-hybridized carbons (Fsp3) is 0.500. The molecule has 1 aromatic rings. The lowest BCUT2D eigenvalue weighted by Gasteiger charge is -2.31. The Hall–Kier alpha value is -1.75. The molecule has 0 atom stereocenters. The number of hydrogen-bond donors (Lipinski definition) is 1. The molecule has 1 aromatic carbocycles. The summed E-state index contributed by atoms with van der Waals surface area (Å²) < 4.78 is 10.5. The number of rotatable bonds is 4. The first-order valence-corrected chi connectivity index (χ1v) is 6.29. The van der Waals surface area contributed by atoms with Crippen molar-refractivity contribution in [3.63, 3.8) is 0 Å². The standard InChI is InChI=1S/C14H20N2O3/c1-9-5-12(18-3)13(19-4)6-11(9)16(2)14(17)10-7-15-8-10/h5-6,10,15H,7-8H2,1-4H3. The average Bonchev–Trinajstić information content (AvgIpc) is 2.35. The van der Waals surface area contributed by atoms with Crippen molar-refractivity contribution in [3.05, 3.63) is 17.7 Å². The third-order valence-corrected chi connectivity index (χ3v) is 3.52. The van der Waals surface area contributed by atoms with Gasteiger partial charge in [0.05, 0.1) is 25.8 Å². The Morgan fingerprint density at radius 3 is 2.32 bits per heavy atom. The van der Waals surface area contributed by atoms with E-state index in [4.69, 9.17) is 9.47 Å². The number of carbonyl (C=O) groups is 1. The van der Waals surface area contributed by atoms with Gasteiger partial charge in [0.2, 0.25) is 5.91 Å². The predicted octanol–water partition coefficient (Wildman–Crippen LogP) is 1.19. The summed E-state index contributed by atoms with van der Waals surface area (Å²) in [7, 11) is 5.00. The third-order valence-electron chi connectivity index (χ3n) is 3.52. The summed E-state index contributed by atoms with van der Waals surface area (Å²) in [6, 6.07) is 3.73. The molecule has 0 spiro atoms. The Labute approximate surface area is 113 Å². The summed E-state index contributed by atoms with van der Waals surface area (Å²) in [6.45, 7) is 3.48. The first kappa shape index (κ1) is 13.7. The highest BCUT2D eigenvalue weighted by molar-refractivity contribution is 5.96. The van der Waals surface area contributed by atoms with E-state index in [0.717, 1.165) is 24.3 Å². The van der Waals surface area contributed by atoms with Crippen LogP contribution in [0, 0.1) is 12.8 Å². The summed E-state index contributed by atoms with van der Waals surface area (Å²) in [6.07, 6.45) is 0. The smallest absolute Gasteiger partial charge is 0.232 e. The van der Waals surface area contributed by atoms with Gasteiger partial charge in [0.15, 0.2) is 11.5 Å². The van der Waals surface area contributed by atoms with Gasteiger partial charge in [-0.1, -0.05) is 0 Å². The molecular weight excluding hydrogens is 244 g/mol. The van der Waals surface area contributed by atoms with Crippen molar-refractivity contribution in [1.29, 1.82) is 0 Å². The number of nitrogens with zero attached hydrogens (tertiary/aromatic N) is 1. The van der Waals surface area contributed by atoms with E-state index in [0.29, 0.717) is 11.5 Å². The lowest BCUT2D eigenvalue weighted by molar-refractivity contribution is -0.123. The van der Waals surface area contributed by atoms with Gasteiger partial charge in [-0.25, -0.2) is 0 Å². The number of hydrogen-bond acceptors (Lipinski definition) is 4. The second kappa shape index (κ2) is 5.48. The molecule has 1 saturated heterocycles. The number of methoxy groups -OCH3 is 2. The fourth-order valence-electron chi connectivity index (χ4n) is 2.19. The van der Waals surface area contributed by atoms with Crippen LogP contribution >= 0.6 is 0 Å². The van der Waals surface area contributed by atoms with Crippen molar-refractivity contribution >= 4 is 11.6 Å². The Morgan fingerprint density at radius 1 is 1.26 bits per heavy atom. The Morgan fingerprint density at radius 2 is 1.84 bits per heavy atom. The number of benzene rings is 1. The zero-order valence-corrected chi connectivity index (χ0v) is 11.8. The second-order valence-corrected chi connectivity index (χ2v) is 4.75. The van der Waals surface area contributed by atoms with Crippen molar-refractivity contribution in [2.45, 2.75) is 6.92 Å². The van der Waals surface area contributed by atoms with E-state index in [-0.39, 0.29) is 11.8 Å². The van der Waals surface area contributed by atoms with Crippen LogP contribution in [-0.2, 0) is 4.79 Å². The first-order chi connectivity index (χ1) is 9.08. The summed E-state index contributed by atoms with van der Waals surface area (Å²) in [4.78, 5) is 13.9. The highest BCUT2D eigenvalue weighted by Crippen LogP contribution is 2.34. The van der Waals surface area contributed by atoms with Crippen LogP contribution in [0.1, 0.15) is 5.56 Å². The number of nitrogens with one attached hydrogen (secondary N) is 1. The van der Waals surface area contributed by atoms with Crippen LogP contribution in [0.4, 0.5) is 5.69 Å². The van der Waals surface area contributed by atoms with E-state index in [1.54, 1.807) is 26.2 Å². The van der Waals surface area contributed by atoms with Gasteiger partial charge >= 0.3 is 0 Å². The number of ether oxygens (including phenoxy) is 2. The third kappa shape index (κ3) is 2.51. The molecule has 0 bridgehead atoms. The highest BCUT2D eigenvalue weighted by Gasteiger charge is 2.29. The number of anilines is 1. The molecule has 1 N–H and O–H groups in total. The minimum Gasteiger partial charge on any atom is -0.493 e. The van der Waals surface area contributed by atoms with Crippen molar-refractivity contribution < 1.29 is 14.3 Å². The first-order valence-electron chi connectivity index (χ1n) is 6.29. The zero-order chi connectivity index (χ0) is 14.0. The monoisotopic (exact) mass is 264 g/mol. The normalized spacial score (nSPS) is 14.7. The predicted molar refractivity (Wildman–Crippen MR) is 74.1 cm³/mol. The fourth-order valence-corrected chi connectivity index (χ4v) is 2.19. The summed E-state index contributed by atoms with van der Waals surface area (Å²) >= 11 is 0. The maximum atomic E-state index is 12.2. The van der Waals surface area contributed by atoms with E-state index >= 15 is 0 Å². The quantitative estimate of drug-likeness (QED) is 0.887. The molecule has 0 aliphatic carbocycles. The van der Waals surface area contributed by atoms with Crippen molar-refractivity contribution in [1.82, 2.24) is 5.32 Å². The molecule has 1 fully saturated rings. The molecule has 0 radical (unpaired) electrons. The van der Waals surface area contributed by atoms with Gasteiger partial charge < -0.3 is 19.7 Å². The van der Waals surface area contributed by atoms with E-state index in [9.17, 15) is 4.79 Å². The molecule has 2 rings (SSSR count). The van der Waals surface area contributed by atoms with Crippen LogP contribution in [0.3, 0.4) is 0 Å². The summed E-state index contributed by atoms with van der Waals surface area (Å²) in [5, 5.41) is 3.11. The van der Waals surface area contributed by atoms with Gasteiger partial charge in [-0.05, 0) is 18.6 Å². The highest BCUT2D eigenvalue weighted by atomic mass is 16.5. The summed E-state index contributed by atoms with van der Waals surface area (Å²) in [5.41, 5.74) is 1.84. The van der Waals surface area contributed by atoms with Gasteiger partial charge in [-0.3, -0.25) is 4.79 Å². The van der Waals surface area contributed by atoms with Crippen LogP contribution in [0.15, 0.2) is 12.1 Å². The zero-order valence-electron chi connectivity index (χ0n) is 11.8. The van der Waals surface area contributed by atoms with Gasteiger partial charge in [0.1, 0.15) is 0 Å². The number of carbonyl (C=O) groups excluding carboxylic acids is 1. The lowest BCUT2D eigenvalue weighted by atomic mass is 10.0. The Balaban J connectivity index is 2.30. The molecule has 1 amide bonds. The van der Waals surface area contributed by atoms with E-state index < -0.39 is 0 Å². The maximum absolute atomic E-state index is 12.2. The van der Waals surface area contributed by atoms with Crippen LogP contribution < -0.4 is 19.7 Å². The maximum Gasteiger partial charge on any atom is 0.232 e. The van der Waals surface area contributed by atoms with Crippen LogP contribution in [-0.4, -0.2) is 40.3 Å². The minimum absolute atomic E-state index is 0.0810. The summed E-state index contributed by atoms with van der Waals surface area (Å²) in [5.74, 6) is 1.52. The van der Waals surface area contributed by atoms with Crippen molar-refractivity contribution in [3.8, 4) is 11.5 Å². The molecule has 19 heavy (non-hydrogen) atoms. The number of amides is 1. The van der Waals surface area contributed by atoms with Crippen LogP contribution in [0.5, 0.6) is 11.5 Å². The molecule has 1 aliphatic rings. The largest absolute Gasteiger partial charge is 0.493 e. The van der Waals surface area contributed by atoms with Gasteiger partial charge in [-0.15, -0.1) is 0 Å². The van der Waals surface area contributed by atoms with Gasteiger partial charge in [-0.2, -0.15) is 0 Å². The average molecular weight is 264 g/mol. The Bertz CT molecular complexity index is 484. The van der Waals surface area contributed by atoms with Gasteiger partial charge in [0, 0.05) is 26.2 Å². The molecule has 5 nitrogen and oxygen atoms in total. The SMILES string of the molecule is COc1cc(C)c(N(C)C(=O)C2CNC2)cc1OC. The second-order valence-electron chi connectivity index (χ2n) is 4.75. The van der Waals surface area contributed by atoms with Crippen LogP contribution in [0.25, 0.3) is 0 Å². The molecule has 1 aliphatic heterocycles. The van der Waals surface area contributed by atoms with E-state index in [1.807, 2.05) is 19.1 Å². The van der Waals surface area contributed by atoms with Crippen LogP contribution in [0.2, 0.25) is 0 Å². The molecular formula is C14H20N2O3. The molecule has 104 valence electrons. The van der Waals surface area contributed by atoms with Gasteiger partial charge in [0.25, 0.3) is 0 Å². The van der Waals surface area contributed by atoms with Crippen molar-refractivity contribution in [2.24, 2.45) is 5.92 Å². The van der Waals surface area contributed by atoms with E-state index in [1.165, 1.54) is 0 Å². The number of aryl methyl sites for hydroxylation is 1. The molecule has 0 aromatic heterocycles. The lowest BCUT2D eigenvalue weighted by Crippen LogP contribution is -2.51. The Kier molecular flexibility index (Phi) is 3.95.